The zero-order valence-electron chi connectivity index (χ0n) is 16.3. The number of hydrogen-bond acceptors (Lipinski definition) is 7. The minimum absolute atomic E-state index is 0.0132. The molecule has 1 fully saturated rings. The first-order valence-corrected chi connectivity index (χ1v) is 10.8. The quantitative estimate of drug-likeness (QED) is 0.618. The van der Waals surface area contributed by atoms with E-state index in [9.17, 15) is 13.2 Å². The van der Waals surface area contributed by atoms with Crippen LogP contribution in [0, 0.1) is 0 Å². The summed E-state index contributed by atoms with van der Waals surface area (Å²) in [5.74, 6) is 0.403. The molecule has 0 bridgehead atoms. The van der Waals surface area contributed by atoms with E-state index in [1.54, 1.807) is 36.7 Å². The van der Waals surface area contributed by atoms with Gasteiger partial charge in [-0.2, -0.15) is 13.9 Å². The molecule has 30 heavy (non-hydrogen) atoms. The first-order chi connectivity index (χ1) is 14.5. The van der Waals surface area contributed by atoms with Crippen LogP contribution in [0.4, 0.5) is 5.82 Å². The zero-order chi connectivity index (χ0) is 21.1. The smallest absolute Gasteiger partial charge is 0.246 e. The number of benzene rings is 1. The Balaban J connectivity index is 1.57. The number of hydrogen-bond donors (Lipinski definition) is 1. The van der Waals surface area contributed by atoms with Crippen molar-refractivity contribution in [2.24, 2.45) is 0 Å². The number of ether oxygens (including phenoxy) is 2. The molecule has 4 rings (SSSR count). The maximum atomic E-state index is 13.1. The Kier molecular flexibility index (Phi) is 5.66. The Bertz CT molecular complexity index is 1170. The van der Waals surface area contributed by atoms with E-state index < -0.39 is 10.0 Å². The normalized spacial score (nSPS) is 15.2. The number of anilines is 1. The first-order valence-electron chi connectivity index (χ1n) is 9.32. The van der Waals surface area contributed by atoms with E-state index >= 15 is 0 Å². The second-order valence-corrected chi connectivity index (χ2v) is 8.56. The standard InChI is InChI=1S/C19H21N5O5S/c1-28-15-3-2-14(12-16(15)30(26,27)23-8-10-29-11-9-23)13-19(25)22-18-4-6-20-17-5-7-21-24(17)18/h2-7,12H,8-11,13H2,1H3,(H,22,25). The summed E-state index contributed by atoms with van der Waals surface area (Å²) in [7, 11) is -2.35. The lowest BCUT2D eigenvalue weighted by Crippen LogP contribution is -2.40. The van der Waals surface area contributed by atoms with Gasteiger partial charge in [0.25, 0.3) is 0 Å². The van der Waals surface area contributed by atoms with Crippen LogP contribution in [0.15, 0.2) is 47.6 Å². The minimum atomic E-state index is -3.77. The Morgan fingerprint density at radius 1 is 1.20 bits per heavy atom. The van der Waals surface area contributed by atoms with Crippen LogP contribution in [0.5, 0.6) is 5.75 Å². The summed E-state index contributed by atoms with van der Waals surface area (Å²) in [6.07, 6.45) is 3.15. The molecule has 0 unspecified atom stereocenters. The monoisotopic (exact) mass is 431 g/mol. The number of nitrogens with one attached hydrogen (secondary N) is 1. The molecule has 1 aliphatic rings. The zero-order valence-corrected chi connectivity index (χ0v) is 17.1. The van der Waals surface area contributed by atoms with Crippen LogP contribution in [0.2, 0.25) is 0 Å². The van der Waals surface area contributed by atoms with E-state index in [0.717, 1.165) is 0 Å². The third kappa shape index (κ3) is 3.99. The number of methoxy groups -OCH3 is 1. The summed E-state index contributed by atoms with van der Waals surface area (Å²) in [5.41, 5.74) is 1.15. The fourth-order valence-corrected chi connectivity index (χ4v) is 4.87. The molecule has 0 radical (unpaired) electrons. The van der Waals surface area contributed by atoms with Crippen molar-refractivity contribution in [2.75, 3.05) is 38.7 Å². The number of fused-ring (bicyclic) bond motifs is 1. The number of sulfonamides is 1. The van der Waals surface area contributed by atoms with Gasteiger partial charge >= 0.3 is 0 Å². The van der Waals surface area contributed by atoms with Gasteiger partial charge in [0.2, 0.25) is 15.9 Å². The van der Waals surface area contributed by atoms with Crippen molar-refractivity contribution in [1.82, 2.24) is 18.9 Å². The van der Waals surface area contributed by atoms with Crippen LogP contribution < -0.4 is 10.1 Å². The van der Waals surface area contributed by atoms with Crippen molar-refractivity contribution in [1.29, 1.82) is 0 Å². The topological polar surface area (TPSA) is 115 Å². The van der Waals surface area contributed by atoms with Gasteiger partial charge in [-0.25, -0.2) is 13.4 Å². The second-order valence-electron chi connectivity index (χ2n) is 6.66. The summed E-state index contributed by atoms with van der Waals surface area (Å²) in [6, 6.07) is 8.09. The highest BCUT2D eigenvalue weighted by molar-refractivity contribution is 7.89. The number of aromatic nitrogens is 3. The van der Waals surface area contributed by atoms with Gasteiger partial charge in [-0.3, -0.25) is 4.79 Å². The van der Waals surface area contributed by atoms with Crippen molar-refractivity contribution in [2.45, 2.75) is 11.3 Å². The lowest BCUT2D eigenvalue weighted by atomic mass is 10.1. The molecule has 2 aromatic heterocycles. The predicted octanol–water partition coefficient (Wildman–Crippen LogP) is 0.940. The number of nitrogens with zero attached hydrogens (tertiary/aromatic N) is 4. The van der Waals surface area contributed by atoms with Gasteiger partial charge in [-0.15, -0.1) is 0 Å². The summed E-state index contributed by atoms with van der Waals surface area (Å²) in [5, 5.41) is 6.91. The molecule has 0 saturated carbocycles. The molecule has 3 heterocycles. The highest BCUT2D eigenvalue weighted by atomic mass is 32.2. The van der Waals surface area contributed by atoms with Crippen molar-refractivity contribution >= 4 is 27.4 Å². The van der Waals surface area contributed by atoms with Gasteiger partial charge in [-0.1, -0.05) is 6.07 Å². The Labute approximate surface area is 173 Å². The van der Waals surface area contributed by atoms with Crippen LogP contribution in [0.1, 0.15) is 5.56 Å². The molecule has 10 nitrogen and oxygen atoms in total. The highest BCUT2D eigenvalue weighted by Gasteiger charge is 2.29. The Morgan fingerprint density at radius 2 is 2.00 bits per heavy atom. The molecule has 0 atom stereocenters. The van der Waals surface area contributed by atoms with Gasteiger partial charge in [0, 0.05) is 25.4 Å². The fourth-order valence-electron chi connectivity index (χ4n) is 3.26. The molecular formula is C19H21N5O5S. The van der Waals surface area contributed by atoms with Crippen molar-refractivity contribution in [3.05, 3.63) is 48.3 Å². The predicted molar refractivity (Wildman–Crippen MR) is 108 cm³/mol. The molecule has 1 N–H and O–H groups in total. The summed E-state index contributed by atoms with van der Waals surface area (Å²) >= 11 is 0. The molecule has 158 valence electrons. The van der Waals surface area contributed by atoms with Crippen molar-refractivity contribution in [3.63, 3.8) is 0 Å². The average molecular weight is 431 g/mol. The van der Waals surface area contributed by atoms with Gasteiger partial charge in [-0.05, 0) is 23.8 Å². The summed E-state index contributed by atoms with van der Waals surface area (Å²) in [4.78, 5) is 16.8. The van der Waals surface area contributed by atoms with E-state index in [-0.39, 0.29) is 36.1 Å². The molecule has 1 aliphatic heterocycles. The number of carbonyl (C=O) groups excluding carboxylic acids is 1. The SMILES string of the molecule is COc1ccc(CC(=O)Nc2ccnc3ccnn23)cc1S(=O)(=O)N1CCOCC1. The van der Waals surface area contributed by atoms with E-state index in [4.69, 9.17) is 9.47 Å². The van der Waals surface area contributed by atoms with Crippen LogP contribution in [0.3, 0.4) is 0 Å². The third-order valence-corrected chi connectivity index (χ3v) is 6.66. The maximum Gasteiger partial charge on any atom is 0.246 e. The van der Waals surface area contributed by atoms with Crippen LogP contribution >= 0.6 is 0 Å². The lowest BCUT2D eigenvalue weighted by molar-refractivity contribution is -0.115. The highest BCUT2D eigenvalue weighted by Crippen LogP contribution is 2.28. The van der Waals surface area contributed by atoms with Gasteiger partial charge in [0.15, 0.2) is 5.65 Å². The average Bonchev–Trinajstić information content (AvgIpc) is 3.24. The minimum Gasteiger partial charge on any atom is -0.495 e. The second kappa shape index (κ2) is 8.38. The summed E-state index contributed by atoms with van der Waals surface area (Å²) < 4.78 is 39.6. The fraction of sp³-hybridized carbons (Fsp3) is 0.316. The molecule has 3 aromatic rings. The summed E-state index contributed by atoms with van der Waals surface area (Å²) in [6.45, 7) is 1.24. The molecule has 1 saturated heterocycles. The molecule has 0 spiro atoms. The Hall–Kier alpha value is -3.02. The number of rotatable bonds is 6. The van der Waals surface area contributed by atoms with Gasteiger partial charge < -0.3 is 14.8 Å². The van der Waals surface area contributed by atoms with E-state index in [1.807, 2.05) is 0 Å². The molecule has 1 amide bonds. The van der Waals surface area contributed by atoms with Crippen molar-refractivity contribution < 1.29 is 22.7 Å². The van der Waals surface area contributed by atoms with Crippen LogP contribution in [-0.2, 0) is 26.0 Å². The van der Waals surface area contributed by atoms with E-state index in [1.165, 1.54) is 22.0 Å². The van der Waals surface area contributed by atoms with E-state index in [0.29, 0.717) is 30.2 Å². The van der Waals surface area contributed by atoms with Crippen LogP contribution in [0.25, 0.3) is 5.65 Å². The Morgan fingerprint density at radius 3 is 2.77 bits per heavy atom. The van der Waals surface area contributed by atoms with Gasteiger partial charge in [0.05, 0.1) is 32.9 Å². The van der Waals surface area contributed by atoms with Crippen LogP contribution in [-0.4, -0.2) is 66.6 Å². The molecule has 11 heteroatoms. The lowest BCUT2D eigenvalue weighted by Gasteiger charge is -2.26. The molecule has 1 aromatic carbocycles. The maximum absolute atomic E-state index is 13.1. The first kappa shape index (κ1) is 20.3. The van der Waals surface area contributed by atoms with Gasteiger partial charge in [0.1, 0.15) is 16.5 Å². The largest absolute Gasteiger partial charge is 0.495 e. The number of morpholine rings is 1. The number of carbonyl (C=O) groups is 1. The van der Waals surface area contributed by atoms with E-state index in [2.05, 4.69) is 15.4 Å². The third-order valence-electron chi connectivity index (χ3n) is 4.74. The molecular weight excluding hydrogens is 410 g/mol. The molecule has 0 aliphatic carbocycles. The number of amides is 1. The van der Waals surface area contributed by atoms with Crippen molar-refractivity contribution in [3.8, 4) is 5.75 Å².